The quantitative estimate of drug-likeness (QED) is 0.665. The molecule has 2 fully saturated rings. The second kappa shape index (κ2) is 9.01. The number of piperidine rings is 1. The van der Waals surface area contributed by atoms with Crippen molar-refractivity contribution in [2.75, 3.05) is 43.1 Å². The number of halogens is 1. The van der Waals surface area contributed by atoms with Crippen molar-refractivity contribution in [2.24, 2.45) is 0 Å². The Kier molecular flexibility index (Phi) is 5.93. The Balaban J connectivity index is 1.06. The summed E-state index contributed by atoms with van der Waals surface area (Å²) in [5.74, 6) is 1.67. The number of benzene rings is 1. The summed E-state index contributed by atoms with van der Waals surface area (Å²) in [4.78, 5) is 36.1. The van der Waals surface area contributed by atoms with Gasteiger partial charge in [0, 0.05) is 36.8 Å². The van der Waals surface area contributed by atoms with Crippen molar-refractivity contribution in [1.82, 2.24) is 9.88 Å². The largest absolute Gasteiger partial charge is 0.491 e. The number of likely N-dealkylation sites (tertiary alicyclic amines) is 1. The average Bonchev–Trinajstić information content (AvgIpc) is 3.05. The van der Waals surface area contributed by atoms with Crippen LogP contribution < -0.4 is 14.5 Å². The maximum absolute atomic E-state index is 13.2. The summed E-state index contributed by atoms with van der Waals surface area (Å²) in [6, 6.07) is 7.79. The van der Waals surface area contributed by atoms with Crippen molar-refractivity contribution in [1.29, 1.82) is 0 Å². The molecule has 1 saturated carbocycles. The molecule has 1 N–H and O–H groups in total. The maximum Gasteiger partial charge on any atom is 0.237 e. The molecule has 0 atom stereocenters. The van der Waals surface area contributed by atoms with E-state index in [0.717, 1.165) is 49.3 Å². The number of likely N-dealkylation sites (N-methyl/N-ethyl adjacent to an activating group) is 1. The van der Waals surface area contributed by atoms with E-state index in [4.69, 9.17) is 16.3 Å². The van der Waals surface area contributed by atoms with Gasteiger partial charge in [-0.05, 0) is 80.6 Å². The molecule has 0 radical (unpaired) electrons. The lowest BCUT2D eigenvalue weighted by atomic mass is 9.73. The van der Waals surface area contributed by atoms with Gasteiger partial charge in [0.1, 0.15) is 18.2 Å². The molecule has 9 heteroatoms. The number of hydrogen-bond acceptors (Lipinski definition) is 6. The SMILES string of the molecule is CN1C(=O)C2(CCN(CCOc3cnc4c(c3)CCC(=O)N4[C@H]3C[C@@H](O)C3)CC2)c2cc(Cl)ccc21. The Bertz CT molecular complexity index is 1210. The van der Waals surface area contributed by atoms with Crippen LogP contribution in [0.2, 0.25) is 5.02 Å². The molecule has 2 amide bonds. The second-order valence-corrected chi connectivity index (χ2v) is 10.9. The molecule has 190 valence electrons. The molecular formula is C27H31ClN4O4. The van der Waals surface area contributed by atoms with E-state index in [1.165, 1.54) is 0 Å². The first-order valence-corrected chi connectivity index (χ1v) is 13.2. The third-order valence-electron chi connectivity index (χ3n) is 8.41. The van der Waals surface area contributed by atoms with Gasteiger partial charge in [-0.15, -0.1) is 0 Å². The zero-order valence-corrected chi connectivity index (χ0v) is 21.2. The van der Waals surface area contributed by atoms with Crippen LogP contribution in [-0.4, -0.2) is 72.2 Å². The molecule has 2 aromatic rings. The minimum Gasteiger partial charge on any atom is -0.491 e. The summed E-state index contributed by atoms with van der Waals surface area (Å²) in [7, 11) is 1.85. The number of nitrogens with zero attached hydrogens (tertiary/aromatic N) is 4. The van der Waals surface area contributed by atoms with Crippen molar-refractivity contribution in [3.8, 4) is 5.75 Å². The number of aliphatic hydroxyl groups excluding tert-OH is 1. The van der Waals surface area contributed by atoms with Crippen LogP contribution in [0.15, 0.2) is 30.5 Å². The van der Waals surface area contributed by atoms with Gasteiger partial charge in [-0.1, -0.05) is 11.6 Å². The van der Waals surface area contributed by atoms with E-state index in [2.05, 4.69) is 9.88 Å². The number of rotatable bonds is 5. The van der Waals surface area contributed by atoms with Crippen LogP contribution in [-0.2, 0) is 21.4 Å². The number of anilines is 2. The van der Waals surface area contributed by atoms with Gasteiger partial charge in [0.25, 0.3) is 0 Å². The van der Waals surface area contributed by atoms with Gasteiger partial charge in [0.15, 0.2) is 0 Å². The number of ether oxygens (including phenoxy) is 1. The molecule has 0 bridgehead atoms. The number of carbonyl (C=O) groups excluding carboxylic acids is 2. The molecule has 3 aliphatic heterocycles. The van der Waals surface area contributed by atoms with E-state index >= 15 is 0 Å². The van der Waals surface area contributed by atoms with Gasteiger partial charge in [0.2, 0.25) is 11.8 Å². The topological polar surface area (TPSA) is 86.2 Å². The fraction of sp³-hybridized carbons (Fsp3) is 0.519. The van der Waals surface area contributed by atoms with Gasteiger partial charge < -0.3 is 14.7 Å². The van der Waals surface area contributed by atoms with Crippen molar-refractivity contribution in [2.45, 2.75) is 56.1 Å². The smallest absolute Gasteiger partial charge is 0.237 e. The van der Waals surface area contributed by atoms with Crippen LogP contribution in [0.3, 0.4) is 0 Å². The number of aliphatic hydroxyl groups is 1. The molecule has 6 rings (SSSR count). The maximum atomic E-state index is 13.2. The van der Waals surface area contributed by atoms with E-state index in [0.29, 0.717) is 48.9 Å². The first-order chi connectivity index (χ1) is 17.4. The molecule has 1 spiro atoms. The Morgan fingerprint density at radius 3 is 2.69 bits per heavy atom. The van der Waals surface area contributed by atoms with Gasteiger partial charge >= 0.3 is 0 Å². The molecule has 4 heterocycles. The Labute approximate surface area is 215 Å². The zero-order valence-electron chi connectivity index (χ0n) is 20.5. The monoisotopic (exact) mass is 510 g/mol. The first kappa shape index (κ1) is 23.7. The first-order valence-electron chi connectivity index (χ1n) is 12.8. The normalized spacial score (nSPS) is 25.1. The fourth-order valence-corrected chi connectivity index (χ4v) is 6.42. The highest BCUT2D eigenvalue weighted by Gasteiger charge is 2.51. The molecule has 0 unspecified atom stereocenters. The molecule has 36 heavy (non-hydrogen) atoms. The highest BCUT2D eigenvalue weighted by Crippen LogP contribution is 2.48. The predicted molar refractivity (Wildman–Crippen MR) is 137 cm³/mol. The number of carbonyl (C=O) groups is 2. The zero-order chi connectivity index (χ0) is 25.0. The highest BCUT2D eigenvalue weighted by atomic mass is 35.5. The van der Waals surface area contributed by atoms with Crippen LogP contribution in [0.25, 0.3) is 0 Å². The van der Waals surface area contributed by atoms with Crippen molar-refractivity contribution >= 4 is 34.9 Å². The van der Waals surface area contributed by atoms with Crippen molar-refractivity contribution in [3.05, 3.63) is 46.6 Å². The summed E-state index contributed by atoms with van der Waals surface area (Å²) in [6.45, 7) is 2.94. The van der Waals surface area contributed by atoms with Gasteiger partial charge in [-0.2, -0.15) is 0 Å². The Morgan fingerprint density at radius 1 is 1.17 bits per heavy atom. The lowest BCUT2D eigenvalue weighted by Gasteiger charge is -2.42. The molecule has 1 aromatic heterocycles. The minimum atomic E-state index is -0.478. The number of fused-ring (bicyclic) bond motifs is 3. The van der Waals surface area contributed by atoms with E-state index < -0.39 is 5.41 Å². The van der Waals surface area contributed by atoms with E-state index in [1.807, 2.05) is 31.3 Å². The Hall–Kier alpha value is -2.68. The summed E-state index contributed by atoms with van der Waals surface area (Å²) in [5, 5.41) is 10.3. The summed E-state index contributed by atoms with van der Waals surface area (Å²) < 4.78 is 6.04. The minimum absolute atomic E-state index is 0.0442. The highest BCUT2D eigenvalue weighted by molar-refractivity contribution is 6.31. The fourth-order valence-electron chi connectivity index (χ4n) is 6.25. The number of pyridine rings is 1. The van der Waals surface area contributed by atoms with Gasteiger partial charge in [0.05, 0.1) is 17.7 Å². The van der Waals surface area contributed by atoms with Crippen LogP contribution >= 0.6 is 11.6 Å². The van der Waals surface area contributed by atoms with Crippen LogP contribution in [0.5, 0.6) is 5.75 Å². The van der Waals surface area contributed by atoms with Crippen LogP contribution in [0.4, 0.5) is 11.5 Å². The molecule has 1 saturated heterocycles. The standard InChI is InChI=1S/C27H31ClN4O4/c1-30-23-4-3-18(28)13-22(23)27(26(30)35)6-8-31(9-7-27)10-11-36-21-12-17-2-5-24(34)32(25(17)29-16-21)19-14-20(33)15-19/h3-4,12-13,16,19-20,33H,2,5-11,14-15H2,1H3/t19-,20+. The summed E-state index contributed by atoms with van der Waals surface area (Å²) in [5.41, 5.74) is 2.57. The van der Waals surface area contributed by atoms with Crippen molar-refractivity contribution < 1.29 is 19.4 Å². The molecule has 8 nitrogen and oxygen atoms in total. The predicted octanol–water partition coefficient (Wildman–Crippen LogP) is 2.93. The summed E-state index contributed by atoms with van der Waals surface area (Å²) in [6.07, 6.45) is 5.26. The Morgan fingerprint density at radius 2 is 1.94 bits per heavy atom. The number of hydrogen-bond donors (Lipinski definition) is 1. The van der Waals surface area contributed by atoms with Gasteiger partial charge in [-0.3, -0.25) is 19.4 Å². The number of amides is 2. The molecule has 1 aliphatic carbocycles. The third-order valence-corrected chi connectivity index (χ3v) is 8.65. The van der Waals surface area contributed by atoms with Crippen LogP contribution in [0, 0.1) is 0 Å². The lowest BCUT2D eigenvalue weighted by molar-refractivity contribution is -0.124. The van der Waals surface area contributed by atoms with Crippen LogP contribution in [0.1, 0.15) is 43.2 Å². The lowest BCUT2D eigenvalue weighted by Crippen LogP contribution is -2.52. The molecule has 1 aromatic carbocycles. The van der Waals surface area contributed by atoms with Crippen molar-refractivity contribution in [3.63, 3.8) is 0 Å². The van der Waals surface area contributed by atoms with E-state index in [-0.39, 0.29) is 24.0 Å². The number of aryl methyl sites for hydroxylation is 1. The van der Waals surface area contributed by atoms with E-state index in [9.17, 15) is 14.7 Å². The average molecular weight is 511 g/mol. The third kappa shape index (κ3) is 3.86. The van der Waals surface area contributed by atoms with Gasteiger partial charge in [-0.25, -0.2) is 4.98 Å². The molecule has 4 aliphatic rings. The second-order valence-electron chi connectivity index (χ2n) is 10.5. The summed E-state index contributed by atoms with van der Waals surface area (Å²) >= 11 is 6.28. The number of aromatic nitrogens is 1. The molecular weight excluding hydrogens is 480 g/mol. The van der Waals surface area contributed by atoms with E-state index in [1.54, 1.807) is 16.0 Å².